The number of rotatable bonds is 6. The maximum atomic E-state index is 12.4. The highest BCUT2D eigenvalue weighted by Gasteiger charge is 2.39. The molecule has 21 heavy (non-hydrogen) atoms. The van der Waals surface area contributed by atoms with Crippen molar-refractivity contribution in [3.05, 3.63) is 0 Å². The van der Waals surface area contributed by atoms with Crippen LogP contribution >= 0.6 is 11.8 Å². The Hall–Kier alpha value is 0.220. The summed E-state index contributed by atoms with van der Waals surface area (Å²) in [4.78, 5) is 2.28. The van der Waals surface area contributed by atoms with Gasteiger partial charge in [-0.3, -0.25) is 4.90 Å². The van der Waals surface area contributed by atoms with Gasteiger partial charge >= 0.3 is 0 Å². The van der Waals surface area contributed by atoms with Gasteiger partial charge in [-0.1, -0.05) is 20.3 Å². The van der Waals surface area contributed by atoms with E-state index in [1.807, 2.05) is 0 Å². The third kappa shape index (κ3) is 4.36. The zero-order chi connectivity index (χ0) is 15.3. The van der Waals surface area contributed by atoms with E-state index >= 15 is 0 Å². The summed E-state index contributed by atoms with van der Waals surface area (Å²) in [5.41, 5.74) is 0.274. The number of hydrogen-bond donors (Lipinski definition) is 1. The van der Waals surface area contributed by atoms with E-state index in [4.69, 9.17) is 0 Å². The fourth-order valence-electron chi connectivity index (χ4n) is 3.74. The zero-order valence-corrected chi connectivity index (χ0v) is 15.1. The molecule has 6 heteroatoms. The van der Waals surface area contributed by atoms with Crippen LogP contribution < -0.4 is 5.32 Å². The summed E-state index contributed by atoms with van der Waals surface area (Å²) in [5, 5.41) is 3.27. The Morgan fingerprint density at radius 1 is 1.38 bits per heavy atom. The highest BCUT2D eigenvalue weighted by atomic mass is 32.2. The number of hydrogen-bond acceptors (Lipinski definition) is 5. The van der Waals surface area contributed by atoms with Crippen LogP contribution in [-0.4, -0.2) is 62.1 Å². The molecule has 0 spiro atoms. The Bertz CT molecular complexity index is 414. The summed E-state index contributed by atoms with van der Waals surface area (Å²) < 4.78 is 24.8. The molecule has 0 aromatic carbocycles. The monoisotopic (exact) mass is 334 g/mol. The molecule has 0 aromatic rings. The van der Waals surface area contributed by atoms with Crippen LogP contribution in [0.2, 0.25) is 0 Å². The Labute approximate surface area is 134 Å². The van der Waals surface area contributed by atoms with E-state index in [0.717, 1.165) is 37.7 Å². The van der Waals surface area contributed by atoms with Crippen molar-refractivity contribution in [3.8, 4) is 0 Å². The summed E-state index contributed by atoms with van der Waals surface area (Å²) in [5.74, 6) is 2.06. The minimum atomic E-state index is -2.98. The van der Waals surface area contributed by atoms with E-state index in [1.165, 1.54) is 25.7 Å². The fourth-order valence-corrected chi connectivity index (χ4v) is 6.82. The van der Waals surface area contributed by atoms with Gasteiger partial charge in [0, 0.05) is 36.9 Å². The summed E-state index contributed by atoms with van der Waals surface area (Å²) in [6.07, 6.45) is 4.82. The quantitative estimate of drug-likeness (QED) is 0.805. The summed E-state index contributed by atoms with van der Waals surface area (Å²) in [6.45, 7) is 8.03. The van der Waals surface area contributed by atoms with Crippen LogP contribution in [0.5, 0.6) is 0 Å². The van der Waals surface area contributed by atoms with Crippen molar-refractivity contribution in [1.29, 1.82) is 0 Å². The lowest BCUT2D eigenvalue weighted by Crippen LogP contribution is -2.55. The lowest BCUT2D eigenvalue weighted by atomic mass is 9.76. The molecular weight excluding hydrogens is 304 g/mol. The van der Waals surface area contributed by atoms with Crippen LogP contribution in [0.4, 0.5) is 0 Å². The largest absolute Gasteiger partial charge is 0.316 e. The number of piperidine rings is 1. The molecule has 2 rings (SSSR count). The smallest absolute Gasteiger partial charge is 0.166 e. The highest BCUT2D eigenvalue weighted by molar-refractivity contribution is 8.01. The van der Waals surface area contributed by atoms with Crippen LogP contribution in [0.3, 0.4) is 0 Å². The summed E-state index contributed by atoms with van der Waals surface area (Å²) in [6, 6.07) is 0. The van der Waals surface area contributed by atoms with Crippen molar-refractivity contribution in [2.45, 2.75) is 44.9 Å². The first-order chi connectivity index (χ1) is 10.0. The second-order valence-electron chi connectivity index (χ2n) is 6.48. The Morgan fingerprint density at radius 3 is 2.81 bits per heavy atom. The van der Waals surface area contributed by atoms with Crippen molar-refractivity contribution in [2.24, 2.45) is 5.41 Å². The van der Waals surface area contributed by atoms with Crippen LogP contribution in [0.25, 0.3) is 0 Å². The molecule has 124 valence electrons. The highest BCUT2D eigenvalue weighted by Crippen LogP contribution is 2.35. The van der Waals surface area contributed by atoms with Crippen molar-refractivity contribution in [1.82, 2.24) is 10.2 Å². The molecule has 0 saturated carbocycles. The minimum Gasteiger partial charge on any atom is -0.316 e. The SMILES string of the molecule is CCCC1(CN2CCSCC2S(=O)(=O)CC)CCCNC1. The average Bonchev–Trinajstić information content (AvgIpc) is 2.49. The average molecular weight is 335 g/mol. The second kappa shape index (κ2) is 7.66. The van der Waals surface area contributed by atoms with E-state index in [2.05, 4.69) is 17.1 Å². The maximum Gasteiger partial charge on any atom is 0.166 e. The Balaban J connectivity index is 2.13. The molecule has 0 aromatic heterocycles. The van der Waals surface area contributed by atoms with Crippen LogP contribution in [0, 0.1) is 5.41 Å². The molecule has 2 unspecified atom stereocenters. The van der Waals surface area contributed by atoms with Gasteiger partial charge in [-0.25, -0.2) is 8.42 Å². The molecule has 2 heterocycles. The van der Waals surface area contributed by atoms with Crippen LogP contribution in [0.1, 0.15) is 39.5 Å². The van der Waals surface area contributed by atoms with Crippen LogP contribution in [-0.2, 0) is 9.84 Å². The van der Waals surface area contributed by atoms with Crippen molar-refractivity contribution >= 4 is 21.6 Å². The lowest BCUT2D eigenvalue weighted by Gasteiger charge is -2.45. The Morgan fingerprint density at radius 2 is 2.19 bits per heavy atom. The molecule has 2 aliphatic heterocycles. The molecule has 2 saturated heterocycles. The minimum absolute atomic E-state index is 0.258. The first-order valence-electron chi connectivity index (χ1n) is 8.27. The first kappa shape index (κ1) is 17.6. The molecule has 2 atom stereocenters. The molecule has 4 nitrogen and oxygen atoms in total. The Kier molecular flexibility index (Phi) is 6.41. The number of sulfone groups is 1. The van der Waals surface area contributed by atoms with Gasteiger partial charge in [-0.2, -0.15) is 11.8 Å². The first-order valence-corrected chi connectivity index (χ1v) is 11.1. The zero-order valence-electron chi connectivity index (χ0n) is 13.4. The molecule has 2 fully saturated rings. The van der Waals surface area contributed by atoms with E-state index in [9.17, 15) is 8.42 Å². The van der Waals surface area contributed by atoms with Gasteiger partial charge in [0.05, 0.1) is 0 Å². The number of nitrogens with zero attached hydrogens (tertiary/aromatic N) is 1. The van der Waals surface area contributed by atoms with Gasteiger partial charge in [0.25, 0.3) is 0 Å². The van der Waals surface area contributed by atoms with Crippen molar-refractivity contribution in [2.75, 3.05) is 43.4 Å². The molecule has 1 N–H and O–H groups in total. The fraction of sp³-hybridized carbons (Fsp3) is 1.00. The molecular formula is C15H30N2O2S2. The van der Waals surface area contributed by atoms with E-state index < -0.39 is 9.84 Å². The van der Waals surface area contributed by atoms with Gasteiger partial charge in [0.1, 0.15) is 5.37 Å². The lowest BCUT2D eigenvalue weighted by molar-refractivity contribution is 0.103. The maximum absolute atomic E-state index is 12.4. The third-order valence-electron chi connectivity index (χ3n) is 4.89. The third-order valence-corrected chi connectivity index (χ3v) is 8.22. The van der Waals surface area contributed by atoms with Gasteiger partial charge in [0.15, 0.2) is 9.84 Å². The van der Waals surface area contributed by atoms with Crippen molar-refractivity contribution < 1.29 is 8.42 Å². The van der Waals surface area contributed by atoms with Gasteiger partial charge in [0.2, 0.25) is 0 Å². The molecule has 0 aliphatic carbocycles. The molecule has 0 bridgehead atoms. The van der Waals surface area contributed by atoms with Gasteiger partial charge < -0.3 is 5.32 Å². The van der Waals surface area contributed by atoms with E-state index in [1.54, 1.807) is 18.7 Å². The van der Waals surface area contributed by atoms with Gasteiger partial charge in [-0.05, 0) is 31.2 Å². The number of nitrogens with one attached hydrogen (secondary N) is 1. The normalized spacial score (nSPS) is 32.2. The topological polar surface area (TPSA) is 49.4 Å². The molecule has 0 amide bonds. The predicted molar refractivity (Wildman–Crippen MR) is 91.6 cm³/mol. The summed E-state index contributed by atoms with van der Waals surface area (Å²) >= 11 is 1.79. The van der Waals surface area contributed by atoms with E-state index in [-0.39, 0.29) is 16.5 Å². The molecule has 2 aliphatic rings. The predicted octanol–water partition coefficient (Wildman–Crippen LogP) is 1.97. The van der Waals surface area contributed by atoms with Crippen LogP contribution in [0.15, 0.2) is 0 Å². The summed E-state index contributed by atoms with van der Waals surface area (Å²) in [7, 11) is -2.98. The van der Waals surface area contributed by atoms with Gasteiger partial charge in [-0.15, -0.1) is 0 Å². The molecule has 0 radical (unpaired) electrons. The van der Waals surface area contributed by atoms with E-state index in [0.29, 0.717) is 0 Å². The second-order valence-corrected chi connectivity index (χ2v) is 10.1. The van der Waals surface area contributed by atoms with Crippen molar-refractivity contribution in [3.63, 3.8) is 0 Å². The number of thioether (sulfide) groups is 1. The standard InChI is InChI=1S/C15H30N2O2S2/c1-3-6-15(7-5-8-16-12-15)13-17-9-10-20-11-14(17)21(18,19)4-2/h14,16H,3-13H2,1-2H3.